The summed E-state index contributed by atoms with van der Waals surface area (Å²) in [6.07, 6.45) is 43.6. The first kappa shape index (κ1) is 36.8. The third-order valence-corrected chi connectivity index (χ3v) is 11.5. The minimum Gasteiger partial charge on any atom is -0.261 e. The molecule has 0 aromatic heterocycles. The van der Waals surface area contributed by atoms with E-state index in [1.165, 1.54) is 193 Å². The number of unbranched alkanes of at least 4 members (excludes halogenated alkanes) is 26. The molecule has 0 unspecified atom stereocenters. The SMILES string of the molecule is CCCCCCCCCCCCCCCC[CH](CCCCCCCCCCCCCCCC)[Al]([CH3])[Cl]. The van der Waals surface area contributed by atoms with Crippen molar-refractivity contribution in [3.63, 3.8) is 0 Å². The fourth-order valence-electron chi connectivity index (χ4n) is 5.81. The van der Waals surface area contributed by atoms with Crippen LogP contribution in [0.2, 0.25) is 10.6 Å². The van der Waals surface area contributed by atoms with Crippen LogP contribution in [-0.2, 0) is 0 Å². The van der Waals surface area contributed by atoms with Gasteiger partial charge in [-0.05, 0) is 0 Å². The quantitative estimate of drug-likeness (QED) is 0.0605. The van der Waals surface area contributed by atoms with Crippen molar-refractivity contribution in [3.8, 4) is 0 Å². The van der Waals surface area contributed by atoms with Crippen LogP contribution in [0.15, 0.2) is 0 Å². The Morgan fingerprint density at radius 3 is 0.750 bits per heavy atom. The summed E-state index contributed by atoms with van der Waals surface area (Å²) >= 11 is -0.995. The molecule has 0 rings (SSSR count). The summed E-state index contributed by atoms with van der Waals surface area (Å²) in [4.78, 5) is 0. The standard InChI is InChI=1S/C33H67.CH3.Al.ClH/c1-3-5-7-9-11-13-15-17-19-21-23-25-27-29-31-33-32-30-28-26-24-22-20-18-16-14-12-10-8-6-4-2;;;/h33H,3-32H2,1-2H3;1H3;;1H/q;;+1;/p-1. The largest absolute Gasteiger partial charge is 0.399 e. The molecule has 0 aliphatic heterocycles. The average molecular weight is 541 g/mol. The van der Waals surface area contributed by atoms with Gasteiger partial charge in [0.2, 0.25) is 0 Å². The van der Waals surface area contributed by atoms with Gasteiger partial charge in [-0.25, -0.2) is 0 Å². The van der Waals surface area contributed by atoms with Crippen molar-refractivity contribution in [2.45, 2.75) is 217 Å². The Bertz CT molecular complexity index is 351. The lowest BCUT2D eigenvalue weighted by molar-refractivity contribution is 0.511. The van der Waals surface area contributed by atoms with Crippen LogP contribution >= 0.6 is 10.0 Å². The van der Waals surface area contributed by atoms with Crippen LogP contribution in [0, 0.1) is 0 Å². The maximum atomic E-state index is 6.70. The van der Waals surface area contributed by atoms with Gasteiger partial charge in [0.1, 0.15) is 0 Å². The molecular weight excluding hydrogens is 471 g/mol. The van der Waals surface area contributed by atoms with E-state index in [-0.39, 0.29) is 0 Å². The zero-order chi connectivity index (χ0) is 26.4. The second kappa shape index (κ2) is 32.0. The summed E-state index contributed by atoms with van der Waals surface area (Å²) in [5.41, 5.74) is 0. The van der Waals surface area contributed by atoms with Gasteiger partial charge in [-0.15, -0.1) is 0 Å². The molecule has 0 aromatic rings. The lowest BCUT2D eigenvalue weighted by Gasteiger charge is -2.16. The van der Waals surface area contributed by atoms with E-state index in [1.807, 2.05) is 0 Å². The molecule has 2 heteroatoms. The first-order chi connectivity index (χ1) is 17.7. The lowest BCUT2D eigenvalue weighted by Crippen LogP contribution is -2.10. The normalized spacial score (nSPS) is 11.6. The molecule has 0 aromatic carbocycles. The average Bonchev–Trinajstić information content (AvgIpc) is 2.87. The summed E-state index contributed by atoms with van der Waals surface area (Å²) < 4.78 is 0.890. The van der Waals surface area contributed by atoms with Gasteiger partial charge in [0.05, 0.1) is 0 Å². The van der Waals surface area contributed by atoms with E-state index in [0.717, 1.165) is 4.78 Å². The van der Waals surface area contributed by atoms with E-state index in [9.17, 15) is 0 Å². The van der Waals surface area contributed by atoms with E-state index >= 15 is 0 Å². The van der Waals surface area contributed by atoms with Crippen molar-refractivity contribution in [2.24, 2.45) is 0 Å². The van der Waals surface area contributed by atoms with Crippen LogP contribution in [0.1, 0.15) is 206 Å². The minimum atomic E-state index is -0.995. The maximum Gasteiger partial charge on any atom is 0.399 e. The predicted octanol–water partition coefficient (Wildman–Crippen LogP) is 14.0. The molecule has 0 N–H and O–H groups in total. The van der Waals surface area contributed by atoms with E-state index in [4.69, 9.17) is 10.0 Å². The molecule has 0 nitrogen and oxygen atoms in total. The Morgan fingerprint density at radius 2 is 0.556 bits per heavy atom. The van der Waals surface area contributed by atoms with Crippen molar-refractivity contribution < 1.29 is 0 Å². The molecule has 0 saturated carbocycles. The van der Waals surface area contributed by atoms with Crippen LogP contribution in [0.5, 0.6) is 0 Å². The second-order valence-electron chi connectivity index (χ2n) is 12.2. The molecular formula is C34H70AlCl. The molecule has 0 amide bonds. The highest BCUT2D eigenvalue weighted by molar-refractivity contribution is 7.07. The molecule has 0 aliphatic carbocycles. The van der Waals surface area contributed by atoms with Crippen LogP contribution < -0.4 is 0 Å². The summed E-state index contributed by atoms with van der Waals surface area (Å²) in [6, 6.07) is 0. The van der Waals surface area contributed by atoms with Gasteiger partial charge in [-0.1, -0.05) is 217 Å². The van der Waals surface area contributed by atoms with Crippen molar-refractivity contribution in [1.29, 1.82) is 0 Å². The van der Waals surface area contributed by atoms with Crippen molar-refractivity contribution in [3.05, 3.63) is 0 Å². The molecule has 0 heterocycles. The predicted molar refractivity (Wildman–Crippen MR) is 171 cm³/mol. The van der Waals surface area contributed by atoms with E-state index in [0.29, 0.717) is 0 Å². The highest BCUT2D eigenvalue weighted by Gasteiger charge is 2.20. The highest BCUT2D eigenvalue weighted by Crippen LogP contribution is 2.28. The van der Waals surface area contributed by atoms with Gasteiger partial charge in [-0.3, -0.25) is 10.0 Å². The van der Waals surface area contributed by atoms with Crippen molar-refractivity contribution >= 4 is 23.3 Å². The first-order valence-electron chi connectivity index (χ1n) is 17.4. The Labute approximate surface area is 239 Å². The first-order valence-corrected chi connectivity index (χ1v) is 20.9. The minimum absolute atomic E-state index is 0.890. The summed E-state index contributed by atoms with van der Waals surface area (Å²) in [6.45, 7) is 4.61. The maximum absolute atomic E-state index is 6.70. The van der Waals surface area contributed by atoms with Gasteiger partial charge >= 0.3 is 13.2 Å². The highest BCUT2D eigenvalue weighted by atomic mass is 35.6. The number of rotatable bonds is 31. The lowest BCUT2D eigenvalue weighted by atomic mass is 10.0. The van der Waals surface area contributed by atoms with E-state index in [1.54, 1.807) is 0 Å². The molecule has 216 valence electrons. The Morgan fingerprint density at radius 1 is 0.361 bits per heavy atom. The Hall–Kier alpha value is 0.822. The number of halogens is 1. The zero-order valence-electron chi connectivity index (χ0n) is 25.7. The summed E-state index contributed by atoms with van der Waals surface area (Å²) in [5.74, 6) is 2.37. The Balaban J connectivity index is 3.39. The van der Waals surface area contributed by atoms with Crippen LogP contribution in [-0.4, -0.2) is 13.2 Å². The van der Waals surface area contributed by atoms with Gasteiger partial charge in [0.25, 0.3) is 0 Å². The Kier molecular flexibility index (Phi) is 32.8. The molecule has 0 fully saturated rings. The third kappa shape index (κ3) is 29.4. The van der Waals surface area contributed by atoms with Crippen LogP contribution in [0.25, 0.3) is 0 Å². The molecule has 0 bridgehead atoms. The molecule has 0 radical (unpaired) electrons. The molecule has 0 spiro atoms. The molecule has 0 saturated heterocycles. The summed E-state index contributed by atoms with van der Waals surface area (Å²) in [7, 11) is 6.70. The zero-order valence-corrected chi connectivity index (χ0v) is 27.7. The van der Waals surface area contributed by atoms with Crippen LogP contribution in [0.4, 0.5) is 0 Å². The van der Waals surface area contributed by atoms with Gasteiger partial charge in [-0.2, -0.15) is 0 Å². The van der Waals surface area contributed by atoms with E-state index in [2.05, 4.69) is 19.6 Å². The smallest absolute Gasteiger partial charge is 0.261 e. The van der Waals surface area contributed by atoms with Gasteiger partial charge in [0.15, 0.2) is 0 Å². The van der Waals surface area contributed by atoms with Gasteiger partial charge < -0.3 is 0 Å². The monoisotopic (exact) mass is 540 g/mol. The number of hydrogen-bond acceptors (Lipinski definition) is 0. The summed E-state index contributed by atoms with van der Waals surface area (Å²) in [5, 5.41) is 0. The van der Waals surface area contributed by atoms with E-state index < -0.39 is 13.2 Å². The molecule has 0 atom stereocenters. The number of hydrogen-bond donors (Lipinski definition) is 0. The topological polar surface area (TPSA) is 0 Å². The molecule has 0 aliphatic rings. The molecule has 36 heavy (non-hydrogen) atoms. The third-order valence-electron chi connectivity index (χ3n) is 8.51. The fourth-order valence-corrected chi connectivity index (χ4v) is 7.95. The van der Waals surface area contributed by atoms with Crippen LogP contribution in [0.3, 0.4) is 0 Å². The fraction of sp³-hybridized carbons (Fsp3) is 1.00. The van der Waals surface area contributed by atoms with Gasteiger partial charge in [0, 0.05) is 0 Å². The second-order valence-corrected chi connectivity index (χ2v) is 16.6. The van der Waals surface area contributed by atoms with Crippen molar-refractivity contribution in [2.75, 3.05) is 0 Å². The van der Waals surface area contributed by atoms with Crippen molar-refractivity contribution in [1.82, 2.24) is 0 Å².